The van der Waals surface area contributed by atoms with Crippen LogP contribution in [-0.4, -0.2) is 56.0 Å². The molecule has 4 rings (SSSR count). The average Bonchev–Trinajstić information content (AvgIpc) is 2.85. The van der Waals surface area contributed by atoms with Crippen LogP contribution in [0.4, 0.5) is 5.69 Å². The second-order valence-corrected chi connectivity index (χ2v) is 8.52. The van der Waals surface area contributed by atoms with Crippen LogP contribution in [0.5, 0.6) is 5.75 Å². The van der Waals surface area contributed by atoms with Crippen molar-refractivity contribution in [1.29, 1.82) is 0 Å². The van der Waals surface area contributed by atoms with E-state index in [0.29, 0.717) is 11.3 Å². The number of carbonyl (C=O) groups excluding carboxylic acids is 3. The number of carbonyl (C=O) groups is 3. The number of nitro benzene ring substituents is 1. The van der Waals surface area contributed by atoms with Crippen LogP contribution in [0.2, 0.25) is 0 Å². The van der Waals surface area contributed by atoms with E-state index >= 15 is 0 Å². The summed E-state index contributed by atoms with van der Waals surface area (Å²) in [5.41, 5.74) is -1.66. The van der Waals surface area contributed by atoms with Crippen molar-refractivity contribution in [1.82, 2.24) is 10.2 Å². The fourth-order valence-corrected chi connectivity index (χ4v) is 4.73. The van der Waals surface area contributed by atoms with E-state index < -0.39 is 40.2 Å². The predicted octanol–water partition coefficient (Wildman–Crippen LogP) is 2.00. The van der Waals surface area contributed by atoms with Crippen molar-refractivity contribution >= 4 is 48.7 Å². The summed E-state index contributed by atoms with van der Waals surface area (Å²) in [7, 11) is 0. The van der Waals surface area contributed by atoms with Crippen molar-refractivity contribution in [3.8, 4) is 5.75 Å². The third-order valence-corrected chi connectivity index (χ3v) is 6.52. The normalized spacial score (nSPS) is 20.3. The number of esters is 1. The Bertz CT molecular complexity index is 1160. The molecule has 2 aromatic rings. The number of β-lactam (4-membered cyclic amide) rings is 1. The summed E-state index contributed by atoms with van der Waals surface area (Å²) in [6, 6.07) is 13.9. The molecule has 2 amide bonds. The van der Waals surface area contributed by atoms with Gasteiger partial charge in [0.15, 0.2) is 6.61 Å². The monoisotopic (exact) mass is 519 g/mol. The Morgan fingerprint density at radius 1 is 1.20 bits per heavy atom. The van der Waals surface area contributed by atoms with Crippen molar-refractivity contribution in [2.45, 2.75) is 17.5 Å². The van der Waals surface area contributed by atoms with E-state index in [9.17, 15) is 29.6 Å². The fourth-order valence-electron chi connectivity index (χ4n) is 3.50. The van der Waals surface area contributed by atoms with Gasteiger partial charge in [0.1, 0.15) is 23.5 Å². The van der Waals surface area contributed by atoms with Crippen molar-refractivity contribution in [3.63, 3.8) is 0 Å². The van der Waals surface area contributed by atoms with Crippen LogP contribution in [0.1, 0.15) is 5.56 Å². The first-order chi connectivity index (χ1) is 16.3. The van der Waals surface area contributed by atoms with E-state index in [1.165, 1.54) is 30.5 Å². The molecule has 0 aromatic heterocycles. The van der Waals surface area contributed by atoms with Crippen LogP contribution in [0, 0.1) is 10.1 Å². The number of fused-ring (bicyclic) bond motifs is 1. The van der Waals surface area contributed by atoms with Gasteiger partial charge in [-0.15, -0.1) is 11.8 Å². The van der Waals surface area contributed by atoms with Crippen molar-refractivity contribution < 1.29 is 33.9 Å². The lowest BCUT2D eigenvalue weighted by Crippen LogP contribution is -2.82. The molecule has 0 saturated carbocycles. The van der Waals surface area contributed by atoms with Gasteiger partial charge in [-0.05, 0) is 29.8 Å². The lowest BCUT2D eigenvalue weighted by atomic mass is 9.87. The summed E-state index contributed by atoms with van der Waals surface area (Å²) in [4.78, 5) is 50.1. The Labute approximate surface area is 210 Å². The molecule has 2 aliphatic rings. The van der Waals surface area contributed by atoms with Crippen LogP contribution >= 0.6 is 25.3 Å². The van der Waals surface area contributed by atoms with Crippen molar-refractivity contribution in [3.05, 3.63) is 82.2 Å². The number of amides is 2. The Morgan fingerprint density at radius 2 is 1.89 bits per heavy atom. The number of aliphatic hydroxyl groups excluding tert-OH is 1. The van der Waals surface area contributed by atoms with E-state index in [2.05, 4.69) is 5.32 Å². The molecular formula is C22H21N3O8S2. The molecule has 0 aliphatic carbocycles. The highest BCUT2D eigenvalue weighted by molar-refractivity contribution is 8.00. The van der Waals surface area contributed by atoms with E-state index in [1.54, 1.807) is 30.3 Å². The van der Waals surface area contributed by atoms with Gasteiger partial charge in [0.2, 0.25) is 5.54 Å². The van der Waals surface area contributed by atoms with E-state index in [0.717, 1.165) is 16.7 Å². The Hall–Kier alpha value is -3.71. The summed E-state index contributed by atoms with van der Waals surface area (Å²) in [5.74, 6) is -1.90. The third-order valence-electron chi connectivity index (χ3n) is 5.16. The van der Waals surface area contributed by atoms with E-state index in [1.807, 2.05) is 0 Å². The maximum atomic E-state index is 13.1. The molecule has 2 heterocycles. The lowest BCUT2D eigenvalue weighted by molar-refractivity contribution is -0.384. The average molecular weight is 520 g/mol. The minimum Gasteiger partial charge on any atom is -0.510 e. The van der Waals surface area contributed by atoms with Gasteiger partial charge in [-0.3, -0.25) is 24.6 Å². The summed E-state index contributed by atoms with van der Waals surface area (Å²) < 4.78 is 10.7. The van der Waals surface area contributed by atoms with Crippen molar-refractivity contribution in [2.75, 3.05) is 12.4 Å². The molecule has 2 aromatic carbocycles. The Kier molecular flexibility index (Phi) is 7.92. The van der Waals surface area contributed by atoms with Gasteiger partial charge in [0.05, 0.1) is 10.7 Å². The molecule has 184 valence electrons. The first kappa shape index (κ1) is 25.9. The number of nitrogens with one attached hydrogen (secondary N) is 1. The smallest absolute Gasteiger partial charge is 0.345 e. The number of benzene rings is 2. The molecule has 1 unspecified atom stereocenters. The Balaban J connectivity index is 0.00000342. The second-order valence-electron chi connectivity index (χ2n) is 7.45. The van der Waals surface area contributed by atoms with Gasteiger partial charge in [0, 0.05) is 18.3 Å². The highest BCUT2D eigenvalue weighted by Crippen LogP contribution is 2.43. The van der Waals surface area contributed by atoms with Gasteiger partial charge < -0.3 is 19.9 Å². The zero-order chi connectivity index (χ0) is 24.3. The van der Waals surface area contributed by atoms with Gasteiger partial charge in [0.25, 0.3) is 17.5 Å². The van der Waals surface area contributed by atoms with Crippen LogP contribution < -0.4 is 10.1 Å². The molecular weight excluding hydrogens is 498 g/mol. The number of thioether (sulfide) groups is 1. The number of ether oxygens (including phenoxy) is 2. The maximum absolute atomic E-state index is 13.1. The number of hydrogen-bond donors (Lipinski definition) is 2. The number of para-hydroxylation sites is 1. The topological polar surface area (TPSA) is 148 Å². The van der Waals surface area contributed by atoms with Crippen LogP contribution in [-0.2, 0) is 25.7 Å². The largest absolute Gasteiger partial charge is 0.510 e. The van der Waals surface area contributed by atoms with Gasteiger partial charge in [-0.1, -0.05) is 18.2 Å². The first-order valence-electron chi connectivity index (χ1n) is 10.0. The molecule has 2 aliphatic heterocycles. The molecule has 2 N–H and O–H groups in total. The van der Waals surface area contributed by atoms with E-state index in [-0.39, 0.29) is 37.3 Å². The number of hydrogen-bond acceptors (Lipinski definition) is 9. The minimum atomic E-state index is -2.00. The van der Waals surface area contributed by atoms with Gasteiger partial charge >= 0.3 is 5.97 Å². The fraction of sp³-hybridized carbons (Fsp3) is 0.227. The number of non-ortho nitro benzene ring substituents is 1. The molecule has 1 saturated heterocycles. The highest BCUT2D eigenvalue weighted by atomic mass is 32.2. The van der Waals surface area contributed by atoms with E-state index in [4.69, 9.17) is 9.47 Å². The van der Waals surface area contributed by atoms with Crippen LogP contribution in [0.15, 0.2) is 66.6 Å². The summed E-state index contributed by atoms with van der Waals surface area (Å²) in [5, 5.41) is 22.2. The third kappa shape index (κ3) is 5.20. The number of nitro groups is 1. The summed E-state index contributed by atoms with van der Waals surface area (Å²) in [6.07, 6.45) is 1.22. The van der Waals surface area contributed by atoms with Crippen LogP contribution in [0.3, 0.4) is 0 Å². The second kappa shape index (κ2) is 10.7. The quantitative estimate of drug-likeness (QED) is 0.176. The molecule has 11 nitrogen and oxygen atoms in total. The molecule has 0 radical (unpaired) electrons. The van der Waals surface area contributed by atoms with Crippen molar-refractivity contribution in [2.24, 2.45) is 0 Å². The number of nitrogens with zero attached hydrogens (tertiary/aromatic N) is 2. The molecule has 13 heteroatoms. The van der Waals surface area contributed by atoms with Crippen LogP contribution in [0.25, 0.3) is 0 Å². The SMILES string of the molecule is O=C(COc1ccccc1)NC1(C(=O)OCc2ccc([N+](=O)[O-])cc2)C(=O)N2C=C(O)CS[C@H]21.S. The molecule has 35 heavy (non-hydrogen) atoms. The zero-order valence-electron chi connectivity index (χ0n) is 18.1. The first-order valence-corrected chi connectivity index (χ1v) is 11.1. The molecule has 2 atom stereocenters. The molecule has 0 bridgehead atoms. The van der Waals surface area contributed by atoms with Gasteiger partial charge in [-0.25, -0.2) is 4.79 Å². The van der Waals surface area contributed by atoms with Gasteiger partial charge in [-0.2, -0.15) is 13.5 Å². The minimum absolute atomic E-state index is 0. The zero-order valence-corrected chi connectivity index (χ0v) is 19.9. The highest BCUT2D eigenvalue weighted by Gasteiger charge is 2.68. The molecule has 0 spiro atoms. The Morgan fingerprint density at radius 3 is 2.54 bits per heavy atom. The maximum Gasteiger partial charge on any atom is 0.345 e. The molecule has 1 fully saturated rings. The number of rotatable bonds is 8. The predicted molar refractivity (Wildman–Crippen MR) is 130 cm³/mol. The summed E-state index contributed by atoms with van der Waals surface area (Å²) in [6.45, 7) is -0.701. The number of aliphatic hydroxyl groups is 1. The lowest BCUT2D eigenvalue weighted by Gasteiger charge is -2.53. The standard InChI is InChI=1S/C22H19N3O8S.H2S/c26-16-10-24-19(28)22(20(24)34-13-16,23-18(27)12-32-17-4-2-1-3-5-17)21(29)33-11-14-6-8-15(9-7-14)25(30)31;/h1-10,20,26H,11-13H2,(H,23,27);1H2/t20-,22?;/m0./s1. The summed E-state index contributed by atoms with van der Waals surface area (Å²) >= 11 is 1.10.